The summed E-state index contributed by atoms with van der Waals surface area (Å²) >= 11 is 0. The maximum Gasteiger partial charge on any atom is 0.306 e. The predicted molar refractivity (Wildman–Crippen MR) is 106 cm³/mol. The third-order valence-electron chi connectivity index (χ3n) is 4.39. The third-order valence-corrected chi connectivity index (χ3v) is 4.39. The Morgan fingerprint density at radius 3 is 2.52 bits per heavy atom. The molecular weight excluding hydrogens is 373 g/mol. The molecule has 0 aliphatic carbocycles. The Bertz CT molecular complexity index is 955. The quantitative estimate of drug-likeness (QED) is 0.550. The monoisotopic (exact) mass is 395 g/mol. The average Bonchev–Trinajstić information content (AvgIpc) is 3.22. The van der Waals surface area contributed by atoms with E-state index in [-0.39, 0.29) is 24.8 Å². The molecule has 0 saturated heterocycles. The molecular formula is C22H22FN3O3. The molecule has 2 aromatic carbocycles. The summed E-state index contributed by atoms with van der Waals surface area (Å²) in [5, 5.41) is 4.29. The summed E-state index contributed by atoms with van der Waals surface area (Å²) in [7, 11) is 1.61. The highest BCUT2D eigenvalue weighted by atomic mass is 19.1. The van der Waals surface area contributed by atoms with Crippen LogP contribution in [0.3, 0.4) is 0 Å². The maximum absolute atomic E-state index is 12.9. The van der Waals surface area contributed by atoms with Gasteiger partial charge < -0.3 is 9.64 Å². The number of benzene rings is 2. The van der Waals surface area contributed by atoms with Crippen LogP contribution in [0.15, 0.2) is 67.0 Å². The fourth-order valence-electron chi connectivity index (χ4n) is 2.73. The summed E-state index contributed by atoms with van der Waals surface area (Å²) in [6.07, 6.45) is 4.22. The van der Waals surface area contributed by atoms with Gasteiger partial charge in [0.2, 0.25) is 0 Å². The number of hydrogen-bond acceptors (Lipinski definition) is 4. The third kappa shape index (κ3) is 6.00. The van der Waals surface area contributed by atoms with Crippen molar-refractivity contribution in [3.05, 3.63) is 83.9 Å². The van der Waals surface area contributed by atoms with Crippen LogP contribution >= 0.6 is 0 Å². The van der Waals surface area contributed by atoms with Gasteiger partial charge in [-0.05, 0) is 41.8 Å². The SMILES string of the molecule is CN(Cc1ccc(F)cc1)C(=O)COC(=O)CCc1cnn(-c2ccccc2)c1. The van der Waals surface area contributed by atoms with Crippen LogP contribution in [0.5, 0.6) is 0 Å². The van der Waals surface area contributed by atoms with Crippen molar-refractivity contribution in [2.45, 2.75) is 19.4 Å². The second-order valence-corrected chi connectivity index (χ2v) is 6.67. The van der Waals surface area contributed by atoms with E-state index in [1.807, 2.05) is 36.5 Å². The maximum atomic E-state index is 12.9. The summed E-state index contributed by atoms with van der Waals surface area (Å²) in [5.74, 6) is -1.09. The molecule has 7 heteroatoms. The number of ether oxygens (including phenoxy) is 1. The van der Waals surface area contributed by atoms with Crippen molar-refractivity contribution < 1.29 is 18.7 Å². The van der Waals surface area contributed by atoms with Gasteiger partial charge in [0.25, 0.3) is 5.91 Å². The Balaban J connectivity index is 1.41. The smallest absolute Gasteiger partial charge is 0.306 e. The molecule has 0 unspecified atom stereocenters. The molecule has 0 atom stereocenters. The first-order chi connectivity index (χ1) is 14.0. The molecule has 3 aromatic rings. The van der Waals surface area contributed by atoms with Crippen LogP contribution in [0.4, 0.5) is 4.39 Å². The van der Waals surface area contributed by atoms with E-state index in [2.05, 4.69) is 5.10 Å². The number of carbonyl (C=O) groups is 2. The van der Waals surface area contributed by atoms with Crippen LogP contribution in [0.25, 0.3) is 5.69 Å². The van der Waals surface area contributed by atoms with E-state index >= 15 is 0 Å². The van der Waals surface area contributed by atoms with Crippen molar-refractivity contribution in [3.63, 3.8) is 0 Å². The van der Waals surface area contributed by atoms with Crippen LogP contribution in [-0.2, 0) is 27.3 Å². The van der Waals surface area contributed by atoms with Crippen LogP contribution < -0.4 is 0 Å². The van der Waals surface area contributed by atoms with E-state index < -0.39 is 5.97 Å². The summed E-state index contributed by atoms with van der Waals surface area (Å²) in [4.78, 5) is 25.5. The summed E-state index contributed by atoms with van der Waals surface area (Å²) in [6.45, 7) is -0.00482. The molecule has 1 heterocycles. The van der Waals surface area contributed by atoms with Gasteiger partial charge in [0, 0.05) is 26.2 Å². The highest BCUT2D eigenvalue weighted by Gasteiger charge is 2.13. The Hall–Kier alpha value is -3.48. The number of aromatic nitrogens is 2. The van der Waals surface area contributed by atoms with Crippen molar-refractivity contribution in [2.75, 3.05) is 13.7 Å². The zero-order chi connectivity index (χ0) is 20.6. The lowest BCUT2D eigenvalue weighted by Crippen LogP contribution is -2.30. The van der Waals surface area contributed by atoms with Gasteiger partial charge in [0.05, 0.1) is 11.9 Å². The second-order valence-electron chi connectivity index (χ2n) is 6.67. The van der Waals surface area contributed by atoms with Crippen LogP contribution in [-0.4, -0.2) is 40.2 Å². The first kappa shape index (κ1) is 20.3. The Morgan fingerprint density at radius 2 is 1.79 bits per heavy atom. The summed E-state index contributed by atoms with van der Waals surface area (Å²) in [6, 6.07) is 15.6. The summed E-state index contributed by atoms with van der Waals surface area (Å²) < 4.78 is 19.8. The molecule has 0 radical (unpaired) electrons. The molecule has 0 fully saturated rings. The molecule has 29 heavy (non-hydrogen) atoms. The molecule has 6 nitrogen and oxygen atoms in total. The number of nitrogens with zero attached hydrogens (tertiary/aromatic N) is 3. The average molecular weight is 395 g/mol. The van der Waals surface area contributed by atoms with E-state index in [9.17, 15) is 14.0 Å². The Labute approximate surface area is 168 Å². The number of rotatable bonds is 8. The van der Waals surface area contributed by atoms with Gasteiger partial charge in [-0.3, -0.25) is 9.59 Å². The number of aryl methyl sites for hydroxylation is 1. The number of carbonyl (C=O) groups excluding carboxylic acids is 2. The highest BCUT2D eigenvalue weighted by Crippen LogP contribution is 2.10. The standard InChI is InChI=1S/C22H22FN3O3/c1-25(14-17-7-10-19(23)11-8-17)21(27)16-29-22(28)12-9-18-13-24-26(15-18)20-5-3-2-4-6-20/h2-8,10-11,13,15H,9,12,14,16H2,1H3. The number of para-hydroxylation sites is 1. The van der Waals surface area contributed by atoms with E-state index in [4.69, 9.17) is 4.74 Å². The fraction of sp³-hybridized carbons (Fsp3) is 0.227. The van der Waals surface area contributed by atoms with E-state index in [1.54, 1.807) is 30.1 Å². The number of amides is 1. The highest BCUT2D eigenvalue weighted by molar-refractivity contribution is 5.80. The topological polar surface area (TPSA) is 64.4 Å². The molecule has 0 aliphatic rings. The zero-order valence-corrected chi connectivity index (χ0v) is 16.1. The van der Waals surface area contributed by atoms with E-state index in [0.29, 0.717) is 13.0 Å². The van der Waals surface area contributed by atoms with Crippen LogP contribution in [0, 0.1) is 5.82 Å². The minimum absolute atomic E-state index is 0.162. The fourth-order valence-corrected chi connectivity index (χ4v) is 2.73. The zero-order valence-electron chi connectivity index (χ0n) is 16.1. The first-order valence-corrected chi connectivity index (χ1v) is 9.24. The lowest BCUT2D eigenvalue weighted by Gasteiger charge is -2.17. The number of halogens is 1. The Morgan fingerprint density at radius 1 is 1.07 bits per heavy atom. The second kappa shape index (κ2) is 9.64. The van der Waals surface area contributed by atoms with E-state index in [0.717, 1.165) is 16.8 Å². The molecule has 3 rings (SSSR count). The van der Waals surface area contributed by atoms with Crippen LogP contribution in [0.1, 0.15) is 17.5 Å². The lowest BCUT2D eigenvalue weighted by molar-refractivity contribution is -0.151. The predicted octanol–water partition coefficient (Wildman–Crippen LogP) is 3.15. The van der Waals surface area contributed by atoms with Gasteiger partial charge in [0.1, 0.15) is 5.82 Å². The largest absolute Gasteiger partial charge is 0.456 e. The van der Waals surface area contributed by atoms with Crippen molar-refractivity contribution in [1.82, 2.24) is 14.7 Å². The molecule has 1 amide bonds. The van der Waals surface area contributed by atoms with Gasteiger partial charge >= 0.3 is 5.97 Å². The van der Waals surface area contributed by atoms with Crippen molar-refractivity contribution in [2.24, 2.45) is 0 Å². The number of esters is 1. The molecule has 0 N–H and O–H groups in total. The molecule has 150 valence electrons. The van der Waals surface area contributed by atoms with Crippen molar-refractivity contribution >= 4 is 11.9 Å². The van der Waals surface area contributed by atoms with Gasteiger partial charge in [-0.15, -0.1) is 0 Å². The van der Waals surface area contributed by atoms with Crippen molar-refractivity contribution in [1.29, 1.82) is 0 Å². The van der Waals surface area contributed by atoms with E-state index in [1.165, 1.54) is 17.0 Å². The minimum atomic E-state index is -0.444. The normalized spacial score (nSPS) is 10.6. The lowest BCUT2D eigenvalue weighted by atomic mass is 10.2. The molecule has 0 spiro atoms. The first-order valence-electron chi connectivity index (χ1n) is 9.24. The van der Waals surface area contributed by atoms with Gasteiger partial charge in [-0.2, -0.15) is 5.10 Å². The van der Waals surface area contributed by atoms with Gasteiger partial charge in [-0.1, -0.05) is 30.3 Å². The van der Waals surface area contributed by atoms with Gasteiger partial charge in [0.15, 0.2) is 6.61 Å². The molecule has 1 aromatic heterocycles. The molecule has 0 saturated carbocycles. The molecule has 0 bridgehead atoms. The Kier molecular flexibility index (Phi) is 6.73. The number of likely N-dealkylation sites (N-methyl/N-ethyl adjacent to an activating group) is 1. The van der Waals surface area contributed by atoms with Crippen molar-refractivity contribution in [3.8, 4) is 5.69 Å². The van der Waals surface area contributed by atoms with Gasteiger partial charge in [-0.25, -0.2) is 9.07 Å². The number of hydrogen-bond donors (Lipinski definition) is 0. The molecule has 0 aliphatic heterocycles. The minimum Gasteiger partial charge on any atom is -0.456 e. The van der Waals surface area contributed by atoms with Crippen LogP contribution in [0.2, 0.25) is 0 Å². The summed E-state index contributed by atoms with van der Waals surface area (Å²) in [5.41, 5.74) is 2.64.